The van der Waals surface area contributed by atoms with Gasteiger partial charge in [-0.3, -0.25) is 10.1 Å². The topological polar surface area (TPSA) is 77.3 Å². The van der Waals surface area contributed by atoms with Gasteiger partial charge in [0.15, 0.2) is 0 Å². The number of thiazole rings is 1. The summed E-state index contributed by atoms with van der Waals surface area (Å²) in [5.41, 5.74) is 3.24. The van der Waals surface area contributed by atoms with E-state index in [0.717, 1.165) is 12.1 Å². The van der Waals surface area contributed by atoms with Crippen LogP contribution in [0.5, 0.6) is 5.75 Å². The summed E-state index contributed by atoms with van der Waals surface area (Å²) in [7, 11) is 1.53. The van der Waals surface area contributed by atoms with Gasteiger partial charge in [0.1, 0.15) is 11.4 Å². The Kier molecular flexibility index (Phi) is 4.30. The van der Waals surface area contributed by atoms with Gasteiger partial charge >= 0.3 is 0 Å². The first-order valence-electron chi connectivity index (χ1n) is 5.64. The molecule has 6 nitrogen and oxygen atoms in total. The van der Waals surface area contributed by atoms with Crippen molar-refractivity contribution in [3.05, 3.63) is 44.9 Å². The lowest BCUT2D eigenvalue weighted by molar-refractivity contribution is -0.384. The number of hydrogen-bond donors (Lipinski definition) is 1. The van der Waals surface area contributed by atoms with E-state index < -0.39 is 4.92 Å². The number of methoxy groups -OCH3 is 1. The highest BCUT2D eigenvalue weighted by atomic mass is 32.1. The average molecular weight is 279 g/mol. The summed E-state index contributed by atoms with van der Waals surface area (Å²) in [6, 6.07) is 4.63. The van der Waals surface area contributed by atoms with Crippen LogP contribution < -0.4 is 10.1 Å². The molecule has 0 spiro atoms. The third-order valence-electron chi connectivity index (χ3n) is 2.58. The number of ether oxygens (including phenoxy) is 1. The predicted molar refractivity (Wildman–Crippen MR) is 74.0 cm³/mol. The number of aromatic nitrogens is 1. The second-order valence-corrected chi connectivity index (χ2v) is 4.52. The minimum atomic E-state index is -0.412. The molecular formula is C12H13N3O3S. The van der Waals surface area contributed by atoms with Gasteiger partial charge in [-0.15, -0.1) is 11.3 Å². The zero-order valence-electron chi connectivity index (χ0n) is 10.3. The molecule has 1 N–H and O–H groups in total. The lowest BCUT2D eigenvalue weighted by Crippen LogP contribution is -2.07. The second kappa shape index (κ2) is 6.14. The Morgan fingerprint density at radius 3 is 3.00 bits per heavy atom. The Bertz CT molecular complexity index is 557. The van der Waals surface area contributed by atoms with E-state index in [1.807, 2.05) is 5.38 Å². The van der Waals surface area contributed by atoms with Crippen LogP contribution in [0.2, 0.25) is 0 Å². The van der Waals surface area contributed by atoms with E-state index >= 15 is 0 Å². The largest absolute Gasteiger partial charge is 0.497 e. The van der Waals surface area contributed by atoms with E-state index in [0.29, 0.717) is 18.0 Å². The van der Waals surface area contributed by atoms with Crippen LogP contribution in [0.4, 0.5) is 11.4 Å². The molecule has 0 amide bonds. The zero-order chi connectivity index (χ0) is 13.7. The van der Waals surface area contributed by atoms with Gasteiger partial charge < -0.3 is 10.1 Å². The lowest BCUT2D eigenvalue weighted by atomic mass is 10.2. The van der Waals surface area contributed by atoms with Crippen molar-refractivity contribution in [2.24, 2.45) is 0 Å². The highest BCUT2D eigenvalue weighted by Crippen LogP contribution is 2.28. The molecule has 19 heavy (non-hydrogen) atoms. The van der Waals surface area contributed by atoms with Crippen LogP contribution >= 0.6 is 11.3 Å². The van der Waals surface area contributed by atoms with E-state index in [4.69, 9.17) is 4.74 Å². The maximum Gasteiger partial charge on any atom is 0.292 e. The molecule has 0 saturated heterocycles. The Hall–Kier alpha value is -2.15. The molecule has 1 heterocycles. The molecule has 0 saturated carbocycles. The first-order valence-corrected chi connectivity index (χ1v) is 6.58. The molecule has 0 aliphatic heterocycles. The maximum absolute atomic E-state index is 10.9. The molecule has 0 bridgehead atoms. The van der Waals surface area contributed by atoms with Gasteiger partial charge in [-0.05, 0) is 6.07 Å². The molecule has 1 aromatic heterocycles. The van der Waals surface area contributed by atoms with Crippen molar-refractivity contribution in [1.29, 1.82) is 0 Å². The van der Waals surface area contributed by atoms with E-state index in [-0.39, 0.29) is 5.69 Å². The lowest BCUT2D eigenvalue weighted by Gasteiger charge is -2.08. The molecule has 2 rings (SSSR count). The molecule has 0 radical (unpaired) electrons. The predicted octanol–water partition coefficient (Wildman–Crippen LogP) is 2.71. The number of nitro benzene ring substituents is 1. The van der Waals surface area contributed by atoms with E-state index in [2.05, 4.69) is 10.3 Å². The monoisotopic (exact) mass is 279 g/mol. The quantitative estimate of drug-likeness (QED) is 0.649. The molecule has 0 fully saturated rings. The van der Waals surface area contributed by atoms with Gasteiger partial charge in [0.25, 0.3) is 5.69 Å². The van der Waals surface area contributed by atoms with Gasteiger partial charge in [0, 0.05) is 30.5 Å². The van der Waals surface area contributed by atoms with Crippen LogP contribution in [0.15, 0.2) is 29.1 Å². The summed E-state index contributed by atoms with van der Waals surface area (Å²) in [6.07, 6.45) is 0.720. The van der Waals surface area contributed by atoms with Crippen molar-refractivity contribution in [3.8, 4) is 5.75 Å². The summed E-state index contributed by atoms with van der Waals surface area (Å²) < 4.78 is 5.07. The van der Waals surface area contributed by atoms with E-state index in [9.17, 15) is 10.1 Å². The van der Waals surface area contributed by atoms with Crippen molar-refractivity contribution >= 4 is 22.7 Å². The van der Waals surface area contributed by atoms with Crippen molar-refractivity contribution in [2.45, 2.75) is 6.42 Å². The smallest absolute Gasteiger partial charge is 0.292 e. The average Bonchev–Trinajstić information content (AvgIpc) is 2.91. The first-order chi connectivity index (χ1) is 9.20. The number of nitro groups is 1. The van der Waals surface area contributed by atoms with Crippen LogP contribution in [0.1, 0.15) is 5.69 Å². The fourth-order valence-corrected chi connectivity index (χ4v) is 2.22. The van der Waals surface area contributed by atoms with Gasteiger partial charge in [0.05, 0.1) is 23.2 Å². The van der Waals surface area contributed by atoms with Gasteiger partial charge in [-0.1, -0.05) is 0 Å². The molecule has 0 aliphatic carbocycles. The highest BCUT2D eigenvalue weighted by Gasteiger charge is 2.14. The molecule has 0 unspecified atom stereocenters. The van der Waals surface area contributed by atoms with Crippen LogP contribution in [-0.4, -0.2) is 23.6 Å². The third-order valence-corrected chi connectivity index (χ3v) is 3.22. The Morgan fingerprint density at radius 2 is 2.37 bits per heavy atom. The van der Waals surface area contributed by atoms with Gasteiger partial charge in [-0.25, -0.2) is 4.98 Å². The van der Waals surface area contributed by atoms with Gasteiger partial charge in [-0.2, -0.15) is 0 Å². The number of benzene rings is 1. The summed E-state index contributed by atoms with van der Waals surface area (Å²) in [6.45, 7) is 0.581. The number of rotatable bonds is 6. The van der Waals surface area contributed by atoms with Crippen molar-refractivity contribution in [1.82, 2.24) is 4.98 Å². The Morgan fingerprint density at radius 1 is 1.53 bits per heavy atom. The Balaban J connectivity index is 2.06. The minimum Gasteiger partial charge on any atom is -0.497 e. The van der Waals surface area contributed by atoms with Crippen LogP contribution in [0.25, 0.3) is 0 Å². The third kappa shape index (κ3) is 3.41. The molecule has 1 aromatic carbocycles. The minimum absolute atomic E-state index is 0.0408. The number of hydrogen-bond acceptors (Lipinski definition) is 6. The SMILES string of the molecule is COc1ccc([N+](=O)[O-])c(NCCc2cscn2)c1. The van der Waals surface area contributed by atoms with Crippen molar-refractivity contribution in [2.75, 3.05) is 19.0 Å². The van der Waals surface area contributed by atoms with E-state index in [1.54, 1.807) is 17.6 Å². The summed E-state index contributed by atoms with van der Waals surface area (Å²) >= 11 is 1.53. The highest BCUT2D eigenvalue weighted by molar-refractivity contribution is 7.07. The normalized spacial score (nSPS) is 10.2. The van der Waals surface area contributed by atoms with Gasteiger partial charge in [0.2, 0.25) is 0 Å². The number of anilines is 1. The molecule has 7 heteroatoms. The van der Waals surface area contributed by atoms with Crippen molar-refractivity contribution in [3.63, 3.8) is 0 Å². The first kappa shape index (κ1) is 13.3. The fourth-order valence-electron chi connectivity index (χ4n) is 1.63. The molecule has 0 aliphatic rings. The summed E-state index contributed by atoms with van der Waals surface area (Å²) in [4.78, 5) is 14.7. The van der Waals surface area contributed by atoms with E-state index in [1.165, 1.54) is 24.5 Å². The fraction of sp³-hybridized carbons (Fsp3) is 0.250. The zero-order valence-corrected chi connectivity index (χ0v) is 11.1. The molecule has 0 atom stereocenters. The van der Waals surface area contributed by atoms with Crippen molar-refractivity contribution < 1.29 is 9.66 Å². The number of nitrogens with one attached hydrogen (secondary N) is 1. The standard InChI is InChI=1S/C12H13N3O3S/c1-18-10-2-3-12(15(16)17)11(6-10)13-5-4-9-7-19-8-14-9/h2-3,6-8,13H,4-5H2,1H3. The van der Waals surface area contributed by atoms with Crippen LogP contribution in [0, 0.1) is 10.1 Å². The second-order valence-electron chi connectivity index (χ2n) is 3.80. The molecular weight excluding hydrogens is 266 g/mol. The summed E-state index contributed by atoms with van der Waals surface area (Å²) in [5, 5.41) is 15.9. The van der Waals surface area contributed by atoms with Crippen LogP contribution in [0.3, 0.4) is 0 Å². The summed E-state index contributed by atoms with van der Waals surface area (Å²) in [5.74, 6) is 0.585. The molecule has 100 valence electrons. The maximum atomic E-state index is 10.9. The number of nitrogens with zero attached hydrogens (tertiary/aromatic N) is 2. The van der Waals surface area contributed by atoms with Crippen LogP contribution in [-0.2, 0) is 6.42 Å². The molecule has 2 aromatic rings. The Labute approximate surface area is 114 Å².